The van der Waals surface area contributed by atoms with E-state index >= 15 is 0 Å². The monoisotopic (exact) mass is 448 g/mol. The number of nitrogens with zero attached hydrogens (tertiary/aromatic N) is 4. The number of piperazine rings is 1. The fourth-order valence-electron chi connectivity index (χ4n) is 4.65. The molecule has 0 spiro atoms. The molecular formula is C22H32N4O4S. The van der Waals surface area contributed by atoms with Gasteiger partial charge < -0.3 is 9.80 Å². The fourth-order valence-corrected chi connectivity index (χ4v) is 6.32. The van der Waals surface area contributed by atoms with Crippen LogP contribution in [0.25, 0.3) is 0 Å². The Bertz CT molecular complexity index is 935. The SMILES string of the molecule is CC(C)c1cccc(N2CC(C(=O)N3CCN(S(=O)(=O)N4CCCC4)CC3)CC2=O)c1. The van der Waals surface area contributed by atoms with E-state index in [1.54, 1.807) is 14.1 Å². The van der Waals surface area contributed by atoms with Crippen molar-refractivity contribution in [3.63, 3.8) is 0 Å². The zero-order chi connectivity index (χ0) is 22.2. The number of benzene rings is 1. The molecule has 3 heterocycles. The van der Waals surface area contributed by atoms with Crippen molar-refractivity contribution in [2.24, 2.45) is 5.92 Å². The number of anilines is 1. The second kappa shape index (κ2) is 8.88. The van der Waals surface area contributed by atoms with E-state index in [0.29, 0.717) is 51.7 Å². The number of hydrogen-bond donors (Lipinski definition) is 0. The molecule has 1 aromatic rings. The molecule has 1 aromatic carbocycles. The van der Waals surface area contributed by atoms with Crippen LogP contribution in [0.1, 0.15) is 44.6 Å². The lowest BCUT2D eigenvalue weighted by Gasteiger charge is -2.36. The molecule has 8 nitrogen and oxygen atoms in total. The Kier molecular flexibility index (Phi) is 6.37. The molecule has 0 N–H and O–H groups in total. The van der Waals surface area contributed by atoms with Crippen LogP contribution in [0.5, 0.6) is 0 Å². The van der Waals surface area contributed by atoms with Gasteiger partial charge in [-0.3, -0.25) is 9.59 Å². The van der Waals surface area contributed by atoms with Gasteiger partial charge in [-0.25, -0.2) is 0 Å². The van der Waals surface area contributed by atoms with Crippen molar-refractivity contribution >= 4 is 27.7 Å². The molecule has 0 aromatic heterocycles. The van der Waals surface area contributed by atoms with Crippen LogP contribution in [-0.2, 0) is 19.8 Å². The summed E-state index contributed by atoms with van der Waals surface area (Å²) in [7, 11) is -3.43. The first-order valence-corrected chi connectivity index (χ1v) is 12.6. The van der Waals surface area contributed by atoms with Gasteiger partial charge in [-0.15, -0.1) is 0 Å². The van der Waals surface area contributed by atoms with Crippen LogP contribution in [0.2, 0.25) is 0 Å². The molecule has 31 heavy (non-hydrogen) atoms. The van der Waals surface area contributed by atoms with E-state index in [0.717, 1.165) is 24.1 Å². The largest absolute Gasteiger partial charge is 0.340 e. The minimum atomic E-state index is -3.43. The average molecular weight is 449 g/mol. The van der Waals surface area contributed by atoms with Gasteiger partial charge in [-0.1, -0.05) is 26.0 Å². The lowest BCUT2D eigenvalue weighted by molar-refractivity contribution is -0.137. The Morgan fingerprint density at radius 2 is 1.65 bits per heavy atom. The Morgan fingerprint density at radius 1 is 1.00 bits per heavy atom. The number of hydrogen-bond acceptors (Lipinski definition) is 4. The van der Waals surface area contributed by atoms with Gasteiger partial charge in [0.15, 0.2) is 0 Å². The van der Waals surface area contributed by atoms with Crippen LogP contribution in [0.3, 0.4) is 0 Å². The summed E-state index contributed by atoms with van der Waals surface area (Å²) in [6.07, 6.45) is 2.02. The number of carbonyl (C=O) groups is 2. The van der Waals surface area contributed by atoms with Crippen molar-refractivity contribution in [3.8, 4) is 0 Å². The average Bonchev–Trinajstić information content (AvgIpc) is 3.44. The summed E-state index contributed by atoms with van der Waals surface area (Å²) in [6, 6.07) is 7.94. The molecule has 3 saturated heterocycles. The molecule has 170 valence electrons. The normalized spacial score (nSPS) is 23.8. The van der Waals surface area contributed by atoms with E-state index in [1.165, 1.54) is 4.31 Å². The lowest BCUT2D eigenvalue weighted by atomic mass is 10.0. The highest BCUT2D eigenvalue weighted by Gasteiger charge is 2.40. The third-order valence-corrected chi connectivity index (χ3v) is 8.63. The molecular weight excluding hydrogens is 416 g/mol. The molecule has 2 amide bonds. The predicted octanol–water partition coefficient (Wildman–Crippen LogP) is 1.65. The maximum Gasteiger partial charge on any atom is 0.282 e. The molecule has 1 unspecified atom stereocenters. The van der Waals surface area contributed by atoms with Crippen LogP contribution < -0.4 is 4.90 Å². The standard InChI is InChI=1S/C22H32N4O4S/c1-17(2)18-6-5-7-20(14-18)26-16-19(15-21(26)27)22(28)23-10-12-25(13-11-23)31(29,30)24-8-3-4-9-24/h5-7,14,17,19H,3-4,8-13,15-16H2,1-2H3. The maximum atomic E-state index is 13.1. The Morgan fingerprint density at radius 3 is 2.29 bits per heavy atom. The van der Waals surface area contributed by atoms with Crippen molar-refractivity contribution in [1.29, 1.82) is 0 Å². The highest BCUT2D eigenvalue weighted by molar-refractivity contribution is 7.86. The molecule has 3 fully saturated rings. The summed E-state index contributed by atoms with van der Waals surface area (Å²) in [4.78, 5) is 29.2. The van der Waals surface area contributed by atoms with Crippen LogP contribution in [0.4, 0.5) is 5.69 Å². The van der Waals surface area contributed by atoms with E-state index in [1.807, 2.05) is 24.3 Å². The third-order valence-electron chi connectivity index (χ3n) is 6.59. The van der Waals surface area contributed by atoms with Crippen LogP contribution in [0.15, 0.2) is 24.3 Å². The second-order valence-electron chi connectivity index (χ2n) is 8.99. The zero-order valence-electron chi connectivity index (χ0n) is 18.4. The predicted molar refractivity (Wildman–Crippen MR) is 119 cm³/mol. The first kappa shape index (κ1) is 22.2. The molecule has 0 aliphatic carbocycles. The summed E-state index contributed by atoms with van der Waals surface area (Å²) >= 11 is 0. The van der Waals surface area contributed by atoms with Gasteiger partial charge in [0, 0.05) is 57.9 Å². The van der Waals surface area contributed by atoms with Crippen LogP contribution in [0, 0.1) is 5.92 Å². The number of rotatable bonds is 5. The summed E-state index contributed by atoms with van der Waals surface area (Å²) in [5.74, 6) is -0.0937. The van der Waals surface area contributed by atoms with Gasteiger partial charge in [0.05, 0.1) is 5.92 Å². The summed E-state index contributed by atoms with van der Waals surface area (Å²) < 4.78 is 28.5. The lowest BCUT2D eigenvalue weighted by Crippen LogP contribution is -2.54. The first-order valence-electron chi connectivity index (χ1n) is 11.2. The van der Waals surface area contributed by atoms with Crippen molar-refractivity contribution < 1.29 is 18.0 Å². The van der Waals surface area contributed by atoms with Crippen LogP contribution in [-0.4, -0.2) is 79.6 Å². The minimum Gasteiger partial charge on any atom is -0.340 e. The topological polar surface area (TPSA) is 81.2 Å². The Labute approximate surface area is 185 Å². The van der Waals surface area contributed by atoms with Gasteiger partial charge in [0.2, 0.25) is 11.8 Å². The fraction of sp³-hybridized carbons (Fsp3) is 0.636. The van der Waals surface area contributed by atoms with Crippen molar-refractivity contribution in [2.75, 3.05) is 50.7 Å². The highest BCUT2D eigenvalue weighted by Crippen LogP contribution is 2.29. The van der Waals surface area contributed by atoms with E-state index < -0.39 is 10.2 Å². The minimum absolute atomic E-state index is 0.0329. The number of carbonyl (C=O) groups excluding carboxylic acids is 2. The smallest absolute Gasteiger partial charge is 0.282 e. The molecule has 0 radical (unpaired) electrons. The van der Waals surface area contributed by atoms with E-state index in [9.17, 15) is 18.0 Å². The summed E-state index contributed by atoms with van der Waals surface area (Å²) in [5, 5.41) is 0. The molecule has 1 atom stereocenters. The van der Waals surface area contributed by atoms with Crippen molar-refractivity contribution in [1.82, 2.24) is 13.5 Å². The molecule has 0 bridgehead atoms. The van der Waals surface area contributed by atoms with Gasteiger partial charge in [-0.2, -0.15) is 17.0 Å². The zero-order valence-corrected chi connectivity index (χ0v) is 19.2. The van der Waals surface area contributed by atoms with E-state index in [2.05, 4.69) is 13.8 Å². The van der Waals surface area contributed by atoms with Gasteiger partial charge in [0.25, 0.3) is 10.2 Å². The van der Waals surface area contributed by atoms with Gasteiger partial charge in [0.1, 0.15) is 0 Å². The first-order chi connectivity index (χ1) is 14.8. The van der Waals surface area contributed by atoms with Crippen molar-refractivity contribution in [2.45, 2.75) is 39.0 Å². The van der Waals surface area contributed by atoms with E-state index in [-0.39, 0.29) is 24.2 Å². The van der Waals surface area contributed by atoms with Gasteiger partial charge in [-0.05, 0) is 36.5 Å². The summed E-state index contributed by atoms with van der Waals surface area (Å²) in [5.41, 5.74) is 2.00. The van der Waals surface area contributed by atoms with Crippen LogP contribution >= 0.6 is 0 Å². The highest BCUT2D eigenvalue weighted by atomic mass is 32.2. The number of amides is 2. The molecule has 3 aliphatic heterocycles. The molecule has 0 saturated carbocycles. The Balaban J connectivity index is 1.36. The summed E-state index contributed by atoms with van der Waals surface area (Å²) in [6.45, 7) is 7.14. The molecule has 4 rings (SSSR count). The Hall–Kier alpha value is -1.97. The van der Waals surface area contributed by atoms with E-state index in [4.69, 9.17) is 0 Å². The molecule has 3 aliphatic rings. The molecule has 9 heteroatoms. The third kappa shape index (κ3) is 4.49. The second-order valence-corrected chi connectivity index (χ2v) is 10.9. The van der Waals surface area contributed by atoms with Crippen molar-refractivity contribution in [3.05, 3.63) is 29.8 Å². The quantitative estimate of drug-likeness (QED) is 0.686. The maximum absolute atomic E-state index is 13.1. The van der Waals surface area contributed by atoms with Gasteiger partial charge >= 0.3 is 0 Å².